The van der Waals surface area contributed by atoms with Crippen molar-refractivity contribution < 1.29 is 9.53 Å². The lowest BCUT2D eigenvalue weighted by Crippen LogP contribution is -2.45. The Kier molecular flexibility index (Phi) is 5.31. The normalized spacial score (nSPS) is 19.4. The van der Waals surface area contributed by atoms with Crippen LogP contribution in [0.4, 0.5) is 9.93 Å². The molecule has 2 heterocycles. The maximum atomic E-state index is 12.2. The number of piperidine rings is 1. The summed E-state index contributed by atoms with van der Waals surface area (Å²) in [6.07, 6.45) is 2.15. The van der Waals surface area contributed by atoms with Crippen molar-refractivity contribution in [1.82, 2.24) is 15.1 Å². The van der Waals surface area contributed by atoms with Crippen molar-refractivity contribution in [3.8, 4) is 0 Å². The van der Waals surface area contributed by atoms with Gasteiger partial charge in [-0.3, -0.25) is 5.32 Å². The second-order valence-electron chi connectivity index (χ2n) is 5.20. The number of hydrogen-bond donors (Lipinski definition) is 1. The standard InChI is InChI=1S/C13H22N4O2S/c1-4-19-10-6-5-7-17(8-10)13(18)14-12-16-15-11(20-12)9(2)3/h9-10H,4-8H2,1-3H3,(H,14,16,18)/t10-/m1/s1. The topological polar surface area (TPSA) is 67.3 Å². The fraction of sp³-hybridized carbons (Fsp3) is 0.769. The number of carbonyl (C=O) groups excluding carboxylic acids is 1. The molecular formula is C13H22N4O2S. The summed E-state index contributed by atoms with van der Waals surface area (Å²) >= 11 is 1.43. The summed E-state index contributed by atoms with van der Waals surface area (Å²) < 4.78 is 5.60. The Balaban J connectivity index is 1.90. The number of carbonyl (C=O) groups is 1. The summed E-state index contributed by atoms with van der Waals surface area (Å²) in [4.78, 5) is 14.0. The van der Waals surface area contributed by atoms with Crippen LogP contribution in [0.2, 0.25) is 0 Å². The molecular weight excluding hydrogens is 276 g/mol. The van der Waals surface area contributed by atoms with Crippen LogP contribution in [0.3, 0.4) is 0 Å². The summed E-state index contributed by atoms with van der Waals surface area (Å²) in [5.41, 5.74) is 0. The summed E-state index contributed by atoms with van der Waals surface area (Å²) in [5, 5.41) is 12.4. The molecule has 0 unspecified atom stereocenters. The summed E-state index contributed by atoms with van der Waals surface area (Å²) in [6, 6.07) is -0.110. The van der Waals surface area contributed by atoms with Crippen molar-refractivity contribution in [2.24, 2.45) is 0 Å². The average molecular weight is 298 g/mol. The molecule has 1 saturated heterocycles. The van der Waals surface area contributed by atoms with Crippen molar-refractivity contribution in [2.75, 3.05) is 25.0 Å². The molecule has 6 nitrogen and oxygen atoms in total. The SMILES string of the molecule is CCO[C@@H]1CCCN(C(=O)Nc2nnc(C(C)C)s2)C1. The Morgan fingerprint density at radius 3 is 3.00 bits per heavy atom. The summed E-state index contributed by atoms with van der Waals surface area (Å²) in [5.74, 6) is 0.329. The first-order chi connectivity index (χ1) is 9.60. The van der Waals surface area contributed by atoms with Crippen molar-refractivity contribution in [3.05, 3.63) is 5.01 Å². The number of hydrogen-bond acceptors (Lipinski definition) is 5. The van der Waals surface area contributed by atoms with E-state index in [1.807, 2.05) is 6.92 Å². The zero-order valence-corrected chi connectivity index (χ0v) is 13.1. The fourth-order valence-electron chi connectivity index (χ4n) is 2.18. The Morgan fingerprint density at radius 1 is 1.55 bits per heavy atom. The highest BCUT2D eigenvalue weighted by Gasteiger charge is 2.24. The molecule has 0 spiro atoms. The van der Waals surface area contributed by atoms with Crippen LogP contribution < -0.4 is 5.32 Å². The maximum Gasteiger partial charge on any atom is 0.323 e. The van der Waals surface area contributed by atoms with E-state index in [0.29, 0.717) is 24.2 Å². The van der Waals surface area contributed by atoms with E-state index in [9.17, 15) is 4.79 Å². The van der Waals surface area contributed by atoms with Gasteiger partial charge in [0.05, 0.1) is 6.10 Å². The molecule has 0 aromatic carbocycles. The molecule has 1 aromatic heterocycles. The molecule has 2 rings (SSSR count). The molecule has 2 amide bonds. The quantitative estimate of drug-likeness (QED) is 0.928. The first-order valence-corrected chi connectivity index (χ1v) is 7.92. The number of ether oxygens (including phenoxy) is 1. The van der Waals surface area contributed by atoms with Crippen LogP contribution in [-0.4, -0.2) is 46.9 Å². The molecule has 1 N–H and O–H groups in total. The van der Waals surface area contributed by atoms with Crippen molar-refractivity contribution in [1.29, 1.82) is 0 Å². The van der Waals surface area contributed by atoms with Gasteiger partial charge in [-0.15, -0.1) is 10.2 Å². The van der Waals surface area contributed by atoms with E-state index in [1.165, 1.54) is 11.3 Å². The minimum atomic E-state index is -0.110. The van der Waals surface area contributed by atoms with Gasteiger partial charge in [0.25, 0.3) is 0 Å². The van der Waals surface area contributed by atoms with Crippen LogP contribution in [0.1, 0.15) is 44.5 Å². The smallest absolute Gasteiger partial charge is 0.323 e. The van der Waals surface area contributed by atoms with Gasteiger partial charge < -0.3 is 9.64 Å². The average Bonchev–Trinajstić information content (AvgIpc) is 2.88. The van der Waals surface area contributed by atoms with E-state index < -0.39 is 0 Å². The molecule has 7 heteroatoms. The number of aromatic nitrogens is 2. The highest BCUT2D eigenvalue weighted by Crippen LogP contribution is 2.23. The highest BCUT2D eigenvalue weighted by molar-refractivity contribution is 7.15. The van der Waals surface area contributed by atoms with Crippen LogP contribution in [-0.2, 0) is 4.74 Å². The molecule has 1 aliphatic rings. The van der Waals surface area contributed by atoms with Crippen LogP contribution in [0, 0.1) is 0 Å². The monoisotopic (exact) mass is 298 g/mol. The third kappa shape index (κ3) is 3.89. The third-order valence-corrected chi connectivity index (χ3v) is 4.36. The van der Waals surface area contributed by atoms with E-state index >= 15 is 0 Å². The molecule has 1 atom stereocenters. The molecule has 1 fully saturated rings. The molecule has 1 aromatic rings. The Bertz CT molecular complexity index is 447. The number of likely N-dealkylation sites (tertiary alicyclic amines) is 1. The van der Waals surface area contributed by atoms with Crippen molar-refractivity contribution in [2.45, 2.75) is 45.6 Å². The van der Waals surface area contributed by atoms with E-state index in [0.717, 1.165) is 24.4 Å². The van der Waals surface area contributed by atoms with E-state index in [1.54, 1.807) is 4.90 Å². The van der Waals surface area contributed by atoms with Gasteiger partial charge in [-0.2, -0.15) is 0 Å². The van der Waals surface area contributed by atoms with E-state index in [-0.39, 0.29) is 12.1 Å². The zero-order chi connectivity index (χ0) is 14.5. The number of amides is 2. The van der Waals surface area contributed by atoms with Gasteiger partial charge in [0.1, 0.15) is 5.01 Å². The van der Waals surface area contributed by atoms with Crippen LogP contribution in [0.15, 0.2) is 0 Å². The van der Waals surface area contributed by atoms with Gasteiger partial charge in [0.15, 0.2) is 0 Å². The largest absolute Gasteiger partial charge is 0.377 e. The Hall–Kier alpha value is -1.21. The minimum absolute atomic E-state index is 0.110. The van der Waals surface area contributed by atoms with Gasteiger partial charge in [-0.1, -0.05) is 25.2 Å². The van der Waals surface area contributed by atoms with Gasteiger partial charge in [0.2, 0.25) is 5.13 Å². The van der Waals surface area contributed by atoms with Gasteiger partial charge in [0, 0.05) is 25.6 Å². The van der Waals surface area contributed by atoms with Crippen molar-refractivity contribution in [3.63, 3.8) is 0 Å². The third-order valence-electron chi connectivity index (χ3n) is 3.22. The maximum absolute atomic E-state index is 12.2. The first kappa shape index (κ1) is 15.2. The van der Waals surface area contributed by atoms with E-state index in [4.69, 9.17) is 4.74 Å². The molecule has 0 saturated carbocycles. The lowest BCUT2D eigenvalue weighted by molar-refractivity contribution is 0.0181. The van der Waals surface area contributed by atoms with Gasteiger partial charge >= 0.3 is 6.03 Å². The predicted molar refractivity (Wildman–Crippen MR) is 79.2 cm³/mol. The fourth-order valence-corrected chi connectivity index (χ4v) is 2.92. The summed E-state index contributed by atoms with van der Waals surface area (Å²) in [7, 11) is 0. The number of rotatable bonds is 4. The molecule has 0 bridgehead atoms. The second kappa shape index (κ2) is 6.99. The Morgan fingerprint density at radius 2 is 2.35 bits per heavy atom. The minimum Gasteiger partial charge on any atom is -0.377 e. The highest BCUT2D eigenvalue weighted by atomic mass is 32.1. The second-order valence-corrected chi connectivity index (χ2v) is 6.20. The predicted octanol–water partition coefficient (Wildman–Crippen LogP) is 2.69. The van der Waals surface area contributed by atoms with Crippen LogP contribution in [0.25, 0.3) is 0 Å². The van der Waals surface area contributed by atoms with Crippen LogP contribution >= 0.6 is 11.3 Å². The molecule has 20 heavy (non-hydrogen) atoms. The molecule has 1 aliphatic heterocycles. The summed E-state index contributed by atoms with van der Waals surface area (Å²) in [6.45, 7) is 8.20. The Labute approximate surface area is 123 Å². The van der Waals surface area contributed by atoms with Gasteiger partial charge in [-0.25, -0.2) is 4.79 Å². The molecule has 112 valence electrons. The number of anilines is 1. The number of nitrogens with one attached hydrogen (secondary N) is 1. The zero-order valence-electron chi connectivity index (χ0n) is 12.3. The molecule has 0 aliphatic carbocycles. The lowest BCUT2D eigenvalue weighted by atomic mass is 10.1. The number of urea groups is 1. The van der Waals surface area contributed by atoms with Crippen LogP contribution in [0.5, 0.6) is 0 Å². The lowest BCUT2D eigenvalue weighted by Gasteiger charge is -2.32. The van der Waals surface area contributed by atoms with Gasteiger partial charge in [-0.05, 0) is 19.8 Å². The van der Waals surface area contributed by atoms with E-state index in [2.05, 4.69) is 29.4 Å². The number of nitrogens with zero attached hydrogens (tertiary/aromatic N) is 3. The molecule has 0 radical (unpaired) electrons. The van der Waals surface area contributed by atoms with Crippen molar-refractivity contribution >= 4 is 22.5 Å². The first-order valence-electron chi connectivity index (χ1n) is 7.11.